The molecule has 0 aliphatic carbocycles. The van der Waals surface area contributed by atoms with E-state index in [1.165, 1.54) is 6.92 Å². The average molecular weight is 451 g/mol. The number of carbonyl (C=O) groups is 2. The Morgan fingerprint density at radius 2 is 1.65 bits per heavy atom. The molecule has 6 nitrogen and oxygen atoms in total. The van der Waals surface area contributed by atoms with Gasteiger partial charge in [-0.15, -0.1) is 0 Å². The van der Waals surface area contributed by atoms with Crippen LogP contribution in [0.15, 0.2) is 72.8 Å². The highest BCUT2D eigenvalue weighted by molar-refractivity contribution is 6.10. The molecular weight excluding hydrogens is 430 g/mol. The van der Waals surface area contributed by atoms with Crippen molar-refractivity contribution in [3.05, 3.63) is 78.4 Å². The van der Waals surface area contributed by atoms with Crippen molar-refractivity contribution >= 4 is 33.3 Å². The molecule has 0 radical (unpaired) electrons. The first-order valence-corrected chi connectivity index (χ1v) is 11.0. The predicted octanol–water partition coefficient (Wildman–Crippen LogP) is 5.46. The third kappa shape index (κ3) is 3.61. The lowest BCUT2D eigenvalue weighted by molar-refractivity contribution is -0.134. The first-order chi connectivity index (χ1) is 16.5. The van der Waals surface area contributed by atoms with Crippen LogP contribution < -0.4 is 14.2 Å². The van der Waals surface area contributed by atoms with E-state index >= 15 is 0 Å². The number of fused-ring (bicyclic) bond motifs is 4. The molecule has 4 aromatic rings. The van der Waals surface area contributed by atoms with E-state index in [1.54, 1.807) is 18.2 Å². The van der Waals surface area contributed by atoms with E-state index in [2.05, 4.69) is 6.07 Å². The second-order valence-corrected chi connectivity index (χ2v) is 8.26. The second-order valence-electron chi connectivity index (χ2n) is 8.26. The van der Waals surface area contributed by atoms with Crippen LogP contribution in [-0.2, 0) is 15.0 Å². The maximum atomic E-state index is 12.9. The second kappa shape index (κ2) is 8.53. The first-order valence-electron chi connectivity index (χ1n) is 11.0. The number of esters is 1. The van der Waals surface area contributed by atoms with Crippen LogP contribution in [0.1, 0.15) is 25.3 Å². The van der Waals surface area contributed by atoms with Gasteiger partial charge in [0.2, 0.25) is 6.79 Å². The van der Waals surface area contributed by atoms with Crippen molar-refractivity contribution in [2.75, 3.05) is 6.79 Å². The van der Waals surface area contributed by atoms with Crippen molar-refractivity contribution in [1.29, 1.82) is 5.26 Å². The molecule has 34 heavy (non-hydrogen) atoms. The highest BCUT2D eigenvalue weighted by Crippen LogP contribution is 2.39. The summed E-state index contributed by atoms with van der Waals surface area (Å²) in [7, 11) is 0. The number of hydrogen-bond acceptors (Lipinski definition) is 6. The van der Waals surface area contributed by atoms with Crippen molar-refractivity contribution in [2.24, 2.45) is 0 Å². The third-order valence-electron chi connectivity index (χ3n) is 6.32. The Kier molecular flexibility index (Phi) is 5.39. The summed E-state index contributed by atoms with van der Waals surface area (Å²) < 4.78 is 16.5. The van der Waals surface area contributed by atoms with Crippen LogP contribution in [0.3, 0.4) is 0 Å². The van der Waals surface area contributed by atoms with Crippen molar-refractivity contribution < 1.29 is 23.8 Å². The fourth-order valence-corrected chi connectivity index (χ4v) is 4.45. The zero-order valence-electron chi connectivity index (χ0n) is 18.5. The summed E-state index contributed by atoms with van der Waals surface area (Å²) in [6, 6.07) is 24.6. The minimum atomic E-state index is -1.49. The lowest BCUT2D eigenvalue weighted by Gasteiger charge is -2.24. The van der Waals surface area contributed by atoms with E-state index < -0.39 is 11.4 Å². The Morgan fingerprint density at radius 3 is 2.41 bits per heavy atom. The summed E-state index contributed by atoms with van der Waals surface area (Å²) in [4.78, 5) is 25.6. The largest absolute Gasteiger partial charge is 0.454 e. The highest BCUT2D eigenvalue weighted by atomic mass is 16.7. The molecular formula is C28H21NO5. The molecule has 0 unspecified atom stereocenters. The average Bonchev–Trinajstić information content (AvgIpc) is 3.33. The van der Waals surface area contributed by atoms with Gasteiger partial charge >= 0.3 is 5.97 Å². The molecule has 0 amide bonds. The van der Waals surface area contributed by atoms with Crippen LogP contribution in [0, 0.1) is 11.3 Å². The SMILES string of the molecule is CC(=O)[C@](C#N)(CCC(=O)Oc1cc2ccccc2c2ccccc12)c1ccc2c(c1)OCO2. The number of nitrogens with zero attached hydrogens (tertiary/aromatic N) is 1. The van der Waals surface area contributed by atoms with E-state index in [0.29, 0.717) is 22.8 Å². The first kappa shape index (κ1) is 21.5. The third-order valence-corrected chi connectivity index (χ3v) is 6.32. The minimum absolute atomic E-state index is 0.0111. The molecule has 4 aromatic carbocycles. The molecule has 0 spiro atoms. The summed E-state index contributed by atoms with van der Waals surface area (Å²) >= 11 is 0. The van der Waals surface area contributed by atoms with Gasteiger partial charge in [-0.05, 0) is 53.3 Å². The number of carbonyl (C=O) groups excluding carboxylic acids is 2. The molecule has 0 fully saturated rings. The van der Waals surface area contributed by atoms with E-state index in [0.717, 1.165) is 21.5 Å². The maximum Gasteiger partial charge on any atom is 0.311 e. The van der Waals surface area contributed by atoms with Gasteiger partial charge in [0, 0.05) is 11.8 Å². The number of Topliss-reactive ketones (excluding diaryl/α,β-unsaturated/α-hetero) is 1. The molecule has 0 saturated carbocycles. The Labute approximate surface area is 196 Å². The van der Waals surface area contributed by atoms with Gasteiger partial charge in [-0.25, -0.2) is 0 Å². The summed E-state index contributed by atoms with van der Waals surface area (Å²) in [5.74, 6) is 0.623. The van der Waals surface area contributed by atoms with Crippen molar-refractivity contribution in [3.8, 4) is 23.3 Å². The molecule has 1 heterocycles. The fourth-order valence-electron chi connectivity index (χ4n) is 4.45. The van der Waals surface area contributed by atoms with E-state index in [4.69, 9.17) is 14.2 Å². The minimum Gasteiger partial charge on any atom is -0.454 e. The smallest absolute Gasteiger partial charge is 0.311 e. The number of rotatable bonds is 6. The molecule has 0 saturated heterocycles. The van der Waals surface area contributed by atoms with Crippen molar-refractivity contribution in [2.45, 2.75) is 25.2 Å². The topological polar surface area (TPSA) is 85.6 Å². The lowest BCUT2D eigenvalue weighted by atomic mass is 9.75. The Bertz CT molecular complexity index is 1490. The lowest BCUT2D eigenvalue weighted by Crippen LogP contribution is -2.33. The molecule has 0 N–H and O–H groups in total. The number of ether oxygens (including phenoxy) is 3. The van der Waals surface area contributed by atoms with Crippen LogP contribution >= 0.6 is 0 Å². The van der Waals surface area contributed by atoms with Crippen molar-refractivity contribution in [1.82, 2.24) is 0 Å². The van der Waals surface area contributed by atoms with Crippen LogP contribution in [-0.4, -0.2) is 18.5 Å². The van der Waals surface area contributed by atoms with Gasteiger partial charge in [0.05, 0.1) is 6.07 Å². The van der Waals surface area contributed by atoms with Gasteiger partial charge in [0.1, 0.15) is 11.2 Å². The molecule has 1 aliphatic rings. The van der Waals surface area contributed by atoms with Crippen LogP contribution in [0.4, 0.5) is 0 Å². The molecule has 1 atom stereocenters. The van der Waals surface area contributed by atoms with Crippen LogP contribution in [0.5, 0.6) is 17.2 Å². The summed E-state index contributed by atoms with van der Waals surface area (Å²) in [6.07, 6.45) is -0.119. The number of benzene rings is 4. The molecule has 0 aromatic heterocycles. The number of hydrogen-bond donors (Lipinski definition) is 0. The van der Waals surface area contributed by atoms with E-state index in [-0.39, 0.29) is 25.4 Å². The van der Waals surface area contributed by atoms with Gasteiger partial charge in [-0.1, -0.05) is 54.6 Å². The maximum absolute atomic E-state index is 12.9. The molecule has 0 bridgehead atoms. The monoisotopic (exact) mass is 451 g/mol. The molecule has 5 rings (SSSR count). The van der Waals surface area contributed by atoms with Crippen LogP contribution in [0.2, 0.25) is 0 Å². The van der Waals surface area contributed by atoms with Crippen LogP contribution in [0.25, 0.3) is 21.5 Å². The Hall–Kier alpha value is -4.37. The zero-order valence-corrected chi connectivity index (χ0v) is 18.5. The Morgan fingerprint density at radius 1 is 0.941 bits per heavy atom. The molecule has 1 aliphatic heterocycles. The Balaban J connectivity index is 1.42. The quantitative estimate of drug-likeness (QED) is 0.220. The van der Waals surface area contributed by atoms with Gasteiger partial charge in [-0.3, -0.25) is 9.59 Å². The summed E-state index contributed by atoms with van der Waals surface area (Å²) in [5.41, 5.74) is -1.03. The van der Waals surface area contributed by atoms with E-state index in [9.17, 15) is 14.9 Å². The number of ketones is 1. The zero-order chi connectivity index (χ0) is 23.7. The van der Waals surface area contributed by atoms with Gasteiger partial charge in [0.15, 0.2) is 17.3 Å². The van der Waals surface area contributed by atoms with Gasteiger partial charge in [-0.2, -0.15) is 5.26 Å². The fraction of sp³-hybridized carbons (Fsp3) is 0.179. The number of nitriles is 1. The summed E-state index contributed by atoms with van der Waals surface area (Å²) in [6.45, 7) is 1.44. The van der Waals surface area contributed by atoms with Crippen molar-refractivity contribution in [3.63, 3.8) is 0 Å². The predicted molar refractivity (Wildman–Crippen MR) is 127 cm³/mol. The standard InChI is InChI=1S/C28H21NO5/c1-18(30)28(16-29,20-10-11-24-26(15-20)33-17-32-24)13-12-27(31)34-25-14-19-6-2-3-7-21(19)22-8-4-5-9-23(22)25/h2-11,14-15H,12-13,17H2,1H3/t28-/m1/s1. The van der Waals surface area contributed by atoms with E-state index in [1.807, 2.05) is 54.6 Å². The normalized spacial score (nSPS) is 13.9. The molecule has 168 valence electrons. The van der Waals surface area contributed by atoms with Gasteiger partial charge < -0.3 is 14.2 Å². The summed E-state index contributed by atoms with van der Waals surface area (Å²) in [5, 5.41) is 13.9. The highest BCUT2D eigenvalue weighted by Gasteiger charge is 2.39. The van der Waals surface area contributed by atoms with Gasteiger partial charge in [0.25, 0.3) is 0 Å². The molecule has 6 heteroatoms.